The molecule has 3 aliphatic heterocycles. The van der Waals surface area contributed by atoms with Crippen molar-refractivity contribution < 1.29 is 42.1 Å². The van der Waals surface area contributed by atoms with Gasteiger partial charge in [-0.05, 0) is 92.8 Å². The van der Waals surface area contributed by atoms with Crippen molar-refractivity contribution in [1.29, 1.82) is 0 Å². The van der Waals surface area contributed by atoms with Gasteiger partial charge in [0.05, 0.1) is 30.3 Å². The Morgan fingerprint density at radius 3 is 2.60 bits per heavy atom. The van der Waals surface area contributed by atoms with E-state index in [4.69, 9.17) is 14.0 Å². The van der Waals surface area contributed by atoms with Crippen LogP contribution in [0.5, 0.6) is 11.5 Å². The summed E-state index contributed by atoms with van der Waals surface area (Å²) < 4.78 is 46.3. The van der Waals surface area contributed by atoms with Crippen molar-refractivity contribution >= 4 is 52.6 Å². The van der Waals surface area contributed by atoms with E-state index in [2.05, 4.69) is 15.4 Å². The molecular formula is C41H47FN5O8PS. The number of aromatic nitrogens is 1. The lowest BCUT2D eigenvalue weighted by Gasteiger charge is -2.42. The van der Waals surface area contributed by atoms with Crippen LogP contribution in [0.15, 0.2) is 66.9 Å². The van der Waals surface area contributed by atoms with Crippen molar-refractivity contribution in [2.45, 2.75) is 88.6 Å². The second-order valence-corrected chi connectivity index (χ2v) is 18.0. The summed E-state index contributed by atoms with van der Waals surface area (Å²) in [6, 6.07) is 15.1. The highest BCUT2D eigenvalue weighted by Crippen LogP contribution is 2.47. The Bertz CT molecular complexity index is 2180. The van der Waals surface area contributed by atoms with Crippen LogP contribution in [0, 0.1) is 5.95 Å². The van der Waals surface area contributed by atoms with Gasteiger partial charge >= 0.3 is 13.5 Å². The number of nitrogens with zero attached hydrogens (tertiary/aromatic N) is 3. The number of halogens is 1. The van der Waals surface area contributed by atoms with Gasteiger partial charge in [0.1, 0.15) is 29.6 Å². The molecule has 2 aromatic heterocycles. The summed E-state index contributed by atoms with van der Waals surface area (Å²) in [4.78, 5) is 61.7. The average Bonchev–Trinajstić information content (AvgIpc) is 3.77. The molecule has 13 nitrogen and oxygen atoms in total. The fourth-order valence-corrected chi connectivity index (χ4v) is 11.0. The predicted octanol–water partition coefficient (Wildman–Crippen LogP) is 6.42. The Balaban J connectivity index is 1.02. The van der Waals surface area contributed by atoms with Crippen molar-refractivity contribution in [1.82, 2.24) is 25.2 Å². The van der Waals surface area contributed by atoms with Crippen LogP contribution in [0.4, 0.5) is 4.39 Å². The zero-order valence-electron chi connectivity index (χ0n) is 32.1. The molecule has 5 atom stereocenters. The van der Waals surface area contributed by atoms with Crippen molar-refractivity contribution in [3.8, 4) is 11.5 Å². The van der Waals surface area contributed by atoms with Gasteiger partial charge in [0.15, 0.2) is 0 Å². The highest BCUT2D eigenvalue weighted by Gasteiger charge is 2.48. The largest absolute Gasteiger partial charge is 0.496 e. The summed E-state index contributed by atoms with van der Waals surface area (Å²) in [5, 5.41) is 6.61. The number of esters is 1. The number of pyridine rings is 1. The van der Waals surface area contributed by atoms with E-state index in [-0.39, 0.29) is 36.5 Å². The molecule has 3 aliphatic rings. The van der Waals surface area contributed by atoms with Gasteiger partial charge in [-0.3, -0.25) is 23.7 Å². The minimum Gasteiger partial charge on any atom is -0.496 e. The number of carbonyl (C=O) groups is 4. The van der Waals surface area contributed by atoms with Crippen molar-refractivity contribution in [3.63, 3.8) is 0 Å². The first-order chi connectivity index (χ1) is 27.5. The Labute approximate surface area is 334 Å². The van der Waals surface area contributed by atoms with Crippen molar-refractivity contribution in [2.24, 2.45) is 0 Å². The highest BCUT2D eigenvalue weighted by molar-refractivity contribution is 7.56. The van der Waals surface area contributed by atoms with Crippen LogP contribution >= 0.6 is 18.9 Å². The van der Waals surface area contributed by atoms with Gasteiger partial charge in [0.2, 0.25) is 17.8 Å². The number of thiophene rings is 1. The van der Waals surface area contributed by atoms with E-state index in [9.17, 15) is 28.1 Å². The summed E-state index contributed by atoms with van der Waals surface area (Å²) in [7, 11) is -2.23. The number of para-hydroxylation sites is 1. The monoisotopic (exact) mass is 819 g/mol. The molecule has 16 heteroatoms. The van der Waals surface area contributed by atoms with E-state index in [1.165, 1.54) is 24.6 Å². The second-order valence-electron chi connectivity index (χ2n) is 14.8. The first kappa shape index (κ1) is 40.4. The third-order valence-corrected chi connectivity index (χ3v) is 14.0. The minimum atomic E-state index is -3.70. The maximum atomic E-state index is 14.6. The first-order valence-corrected chi connectivity index (χ1v) is 22.0. The lowest BCUT2D eigenvalue weighted by Crippen LogP contribution is -2.58. The van der Waals surface area contributed by atoms with Crippen LogP contribution in [0.2, 0.25) is 0 Å². The zero-order chi connectivity index (χ0) is 40.3. The minimum absolute atomic E-state index is 0.0410. The van der Waals surface area contributed by atoms with Crippen LogP contribution in [0.1, 0.15) is 79.1 Å². The van der Waals surface area contributed by atoms with Gasteiger partial charge < -0.3 is 29.1 Å². The summed E-state index contributed by atoms with van der Waals surface area (Å²) >= 11 is 1.28. The van der Waals surface area contributed by atoms with Gasteiger partial charge in [-0.1, -0.05) is 31.2 Å². The number of ether oxygens (including phenoxy) is 2. The Morgan fingerprint density at radius 1 is 1.05 bits per heavy atom. The first-order valence-electron chi connectivity index (χ1n) is 19.4. The Kier molecular flexibility index (Phi) is 12.3. The number of hydrogen-bond acceptors (Lipinski definition) is 10. The molecule has 2 aromatic carbocycles. The van der Waals surface area contributed by atoms with E-state index < -0.39 is 43.5 Å². The van der Waals surface area contributed by atoms with Crippen molar-refractivity contribution in [3.05, 3.63) is 88.8 Å². The van der Waals surface area contributed by atoms with Gasteiger partial charge in [0, 0.05) is 35.9 Å². The molecule has 4 aromatic rings. The van der Waals surface area contributed by atoms with Crippen LogP contribution in [-0.2, 0) is 29.8 Å². The molecule has 3 amide bonds. The highest BCUT2D eigenvalue weighted by atomic mass is 32.1. The van der Waals surface area contributed by atoms with E-state index in [0.717, 1.165) is 16.5 Å². The number of likely N-dealkylation sites (tertiary alicyclic amines) is 1. The fourth-order valence-electron chi connectivity index (χ4n) is 7.97. The van der Waals surface area contributed by atoms with Crippen LogP contribution in [0.25, 0.3) is 10.1 Å². The number of fused-ring (bicyclic) bond motifs is 2. The number of methoxy groups -OCH3 is 1. The molecule has 3 saturated heterocycles. The summed E-state index contributed by atoms with van der Waals surface area (Å²) in [5.41, 5.74) is 1.02. The summed E-state index contributed by atoms with van der Waals surface area (Å²) in [6.07, 6.45) is 5.09. The lowest BCUT2D eigenvalue weighted by atomic mass is 9.90. The quantitative estimate of drug-likeness (QED) is 0.0828. The summed E-state index contributed by atoms with van der Waals surface area (Å²) in [6.45, 7) is 4.33. The van der Waals surface area contributed by atoms with Crippen LogP contribution in [0.3, 0.4) is 0 Å². The van der Waals surface area contributed by atoms with E-state index in [1.807, 2.05) is 31.2 Å². The van der Waals surface area contributed by atoms with Gasteiger partial charge in [-0.25, -0.2) is 10.1 Å². The molecular weight excluding hydrogens is 773 g/mol. The standard InChI is InChI=1S/C41H47FN5O8PS/c1-4-19-54-41(51)25(2)45-56(52,55-30-10-6-5-7-11-30)24-26-13-16-34-27(20-26)21-35(57-34)38(48)44-31-12-8-9-29-14-15-32(47(29)39(31)49)40(50)46-22-28(23-46)36-33(53-3)17-18-43-37(36)42/h5-7,10-11,13,16-18,20-21,25,28-29,31-32H,4,8-9,12,14-15,19,22-24H2,1-3H3,(H,44,48)(H,45,52)/t25-,29-,31-,32-,56?/m0/s1. The van der Waals surface area contributed by atoms with Crippen LogP contribution < -0.4 is 19.7 Å². The Morgan fingerprint density at radius 2 is 1.84 bits per heavy atom. The number of benzene rings is 2. The molecule has 302 valence electrons. The van der Waals surface area contributed by atoms with E-state index in [1.54, 1.807) is 53.1 Å². The molecule has 7 rings (SSSR count). The number of hydrogen-bond donors (Lipinski definition) is 2. The molecule has 0 aliphatic carbocycles. The predicted molar refractivity (Wildman–Crippen MR) is 213 cm³/mol. The molecule has 0 bridgehead atoms. The normalized spacial score (nSPS) is 21.2. The molecule has 2 N–H and O–H groups in total. The molecule has 57 heavy (non-hydrogen) atoms. The number of carbonyl (C=O) groups excluding carboxylic acids is 4. The van der Waals surface area contributed by atoms with E-state index in [0.29, 0.717) is 72.7 Å². The molecule has 0 radical (unpaired) electrons. The van der Waals surface area contributed by atoms with Crippen molar-refractivity contribution in [2.75, 3.05) is 26.8 Å². The molecule has 3 fully saturated rings. The molecule has 1 unspecified atom stereocenters. The second kappa shape index (κ2) is 17.3. The average molecular weight is 820 g/mol. The Hall–Kier alpha value is -4.85. The summed E-state index contributed by atoms with van der Waals surface area (Å²) in [5.74, 6) is -1.45. The smallest absolute Gasteiger partial charge is 0.323 e. The molecule has 5 heterocycles. The number of rotatable bonds is 14. The third-order valence-electron chi connectivity index (χ3n) is 10.8. The number of nitrogens with one attached hydrogen (secondary N) is 2. The topological polar surface area (TPSA) is 156 Å². The number of amides is 3. The van der Waals surface area contributed by atoms with Gasteiger partial charge in [-0.15, -0.1) is 11.3 Å². The fraction of sp³-hybridized carbons (Fsp3) is 0.439. The lowest BCUT2D eigenvalue weighted by molar-refractivity contribution is -0.148. The maximum Gasteiger partial charge on any atom is 0.323 e. The van der Waals surface area contributed by atoms with E-state index >= 15 is 0 Å². The molecule has 0 spiro atoms. The maximum absolute atomic E-state index is 14.6. The van der Waals surface area contributed by atoms with Gasteiger partial charge in [-0.2, -0.15) is 4.39 Å². The zero-order valence-corrected chi connectivity index (χ0v) is 33.9. The van der Waals surface area contributed by atoms with Gasteiger partial charge in [0.25, 0.3) is 5.91 Å². The SMILES string of the molecule is CCCOC(=O)[C@H](C)NP(=O)(Cc1ccc2sc(C(=O)N[C@H]3CCC[C@H]4CC[C@@H](C(=O)N5CC(c6c(OC)ccnc6F)C5)N4C3=O)cc2c1)Oc1ccccc1. The van der Waals surface area contributed by atoms with Crippen LogP contribution in [-0.4, -0.2) is 89.4 Å². The molecule has 0 saturated carbocycles. The third kappa shape index (κ3) is 8.85.